The molecule has 0 aliphatic heterocycles. The van der Waals surface area contributed by atoms with E-state index in [0.717, 1.165) is 11.3 Å². The topological polar surface area (TPSA) is 41.5 Å². The fourth-order valence-corrected chi connectivity index (χ4v) is 2.15. The maximum atomic E-state index is 12.4. The molecule has 3 nitrogen and oxygen atoms in total. The zero-order valence-corrected chi connectivity index (χ0v) is 11.6. The summed E-state index contributed by atoms with van der Waals surface area (Å²) in [5.41, 5.74) is 2.14. The van der Waals surface area contributed by atoms with Crippen LogP contribution in [0, 0.1) is 0 Å². The number of benzene rings is 2. The lowest BCUT2D eigenvalue weighted by atomic mass is 10.1. The molecule has 2 N–H and O–H groups in total. The summed E-state index contributed by atoms with van der Waals surface area (Å²) in [7, 11) is 0. The normalized spacial score (nSPS) is 12.2. The monoisotopic (exact) mass is 293 g/mol. The maximum absolute atomic E-state index is 12.4. The second kappa shape index (κ2) is 7.04. The molecule has 0 saturated carbocycles. The molecular weight excluding hydrogens is 276 g/mol. The van der Waals surface area contributed by atoms with Crippen LogP contribution in [0.5, 0.6) is 5.75 Å². The van der Waals surface area contributed by atoms with Crippen LogP contribution in [0.25, 0.3) is 0 Å². The quantitative estimate of drug-likeness (QED) is 0.847. The zero-order chi connectivity index (χ0) is 15.2. The highest BCUT2D eigenvalue weighted by Crippen LogP contribution is 2.29. The van der Waals surface area contributed by atoms with E-state index in [-0.39, 0.29) is 18.4 Å². The Labute approximate surface area is 122 Å². The van der Waals surface area contributed by atoms with Crippen molar-refractivity contribution in [2.75, 3.05) is 5.32 Å². The molecule has 2 aromatic carbocycles. The Morgan fingerprint density at radius 3 is 2.48 bits per heavy atom. The fraction of sp³-hybridized carbons (Fsp3) is 0.250. The molecule has 0 amide bonds. The first-order chi connectivity index (χ1) is 10.1. The molecule has 0 aliphatic rings. The van der Waals surface area contributed by atoms with Gasteiger partial charge in [0.25, 0.3) is 0 Å². The van der Waals surface area contributed by atoms with Crippen molar-refractivity contribution in [2.24, 2.45) is 0 Å². The summed E-state index contributed by atoms with van der Waals surface area (Å²) < 4.78 is 29.4. The minimum absolute atomic E-state index is 0.0922. The molecule has 21 heavy (non-hydrogen) atoms. The number of nitrogens with one attached hydrogen (secondary N) is 1. The van der Waals surface area contributed by atoms with Crippen molar-refractivity contribution in [1.82, 2.24) is 0 Å². The van der Waals surface area contributed by atoms with Crippen LogP contribution in [0.2, 0.25) is 0 Å². The third-order valence-electron chi connectivity index (χ3n) is 3.16. The lowest BCUT2D eigenvalue weighted by molar-refractivity contribution is -0.0505. The second-order valence-electron chi connectivity index (χ2n) is 4.60. The van der Waals surface area contributed by atoms with Crippen LogP contribution in [0.1, 0.15) is 24.1 Å². The molecular formula is C16H17F2NO2. The van der Waals surface area contributed by atoms with E-state index in [4.69, 9.17) is 0 Å². The summed E-state index contributed by atoms with van der Waals surface area (Å²) in [4.78, 5) is 0. The van der Waals surface area contributed by atoms with Gasteiger partial charge >= 0.3 is 6.61 Å². The number of aliphatic hydroxyl groups is 1. The standard InChI is InChI=1S/C16H17F2NO2/c1-11(19-14-8-4-2-6-12(14)10-20)13-7-3-5-9-15(13)21-16(17)18/h2-9,11,16,19-20H,10H2,1H3. The summed E-state index contributed by atoms with van der Waals surface area (Å²) in [5, 5.41) is 12.5. The Balaban J connectivity index is 2.22. The molecule has 0 heterocycles. The highest BCUT2D eigenvalue weighted by molar-refractivity contribution is 5.53. The average Bonchev–Trinajstić information content (AvgIpc) is 2.47. The Morgan fingerprint density at radius 1 is 1.10 bits per heavy atom. The lowest BCUT2D eigenvalue weighted by Crippen LogP contribution is -2.12. The Bertz CT molecular complexity index is 590. The fourth-order valence-electron chi connectivity index (χ4n) is 2.15. The van der Waals surface area contributed by atoms with Gasteiger partial charge in [-0.2, -0.15) is 8.78 Å². The van der Waals surface area contributed by atoms with Gasteiger partial charge in [-0.1, -0.05) is 36.4 Å². The van der Waals surface area contributed by atoms with E-state index < -0.39 is 6.61 Å². The third kappa shape index (κ3) is 3.92. The van der Waals surface area contributed by atoms with Crippen LogP contribution >= 0.6 is 0 Å². The molecule has 0 aromatic heterocycles. The molecule has 1 atom stereocenters. The molecule has 1 unspecified atom stereocenters. The van der Waals surface area contributed by atoms with E-state index in [1.807, 2.05) is 25.1 Å². The van der Waals surface area contributed by atoms with Crippen LogP contribution in [-0.2, 0) is 6.61 Å². The van der Waals surface area contributed by atoms with Crippen molar-refractivity contribution in [3.8, 4) is 5.75 Å². The van der Waals surface area contributed by atoms with Gasteiger partial charge in [0, 0.05) is 16.8 Å². The van der Waals surface area contributed by atoms with Crippen molar-refractivity contribution in [2.45, 2.75) is 26.2 Å². The van der Waals surface area contributed by atoms with Gasteiger partial charge in [-0.05, 0) is 19.1 Å². The number of anilines is 1. The number of para-hydroxylation sites is 2. The molecule has 0 bridgehead atoms. The van der Waals surface area contributed by atoms with Gasteiger partial charge in [0.2, 0.25) is 0 Å². The smallest absolute Gasteiger partial charge is 0.387 e. The van der Waals surface area contributed by atoms with Crippen LogP contribution in [0.3, 0.4) is 0 Å². The SMILES string of the molecule is CC(Nc1ccccc1CO)c1ccccc1OC(F)F. The number of hydrogen-bond acceptors (Lipinski definition) is 3. The molecule has 2 rings (SSSR count). The largest absolute Gasteiger partial charge is 0.434 e. The first-order valence-corrected chi connectivity index (χ1v) is 6.61. The summed E-state index contributed by atoms with van der Waals surface area (Å²) in [6, 6.07) is 13.7. The predicted octanol–water partition coefficient (Wildman–Crippen LogP) is 3.95. The average molecular weight is 293 g/mol. The van der Waals surface area contributed by atoms with E-state index in [1.165, 1.54) is 6.07 Å². The van der Waals surface area contributed by atoms with E-state index in [0.29, 0.717) is 5.56 Å². The second-order valence-corrected chi connectivity index (χ2v) is 4.60. The summed E-state index contributed by atoms with van der Waals surface area (Å²) >= 11 is 0. The zero-order valence-electron chi connectivity index (χ0n) is 11.6. The number of ether oxygens (including phenoxy) is 1. The number of hydrogen-bond donors (Lipinski definition) is 2. The van der Waals surface area contributed by atoms with Gasteiger partial charge in [0.15, 0.2) is 0 Å². The number of halogens is 2. The number of rotatable bonds is 6. The molecule has 0 spiro atoms. The maximum Gasteiger partial charge on any atom is 0.387 e. The minimum atomic E-state index is -2.86. The van der Waals surface area contributed by atoms with Crippen molar-refractivity contribution in [3.63, 3.8) is 0 Å². The molecule has 112 valence electrons. The van der Waals surface area contributed by atoms with E-state index >= 15 is 0 Å². The summed E-state index contributed by atoms with van der Waals surface area (Å²) in [6.45, 7) is -1.10. The first-order valence-electron chi connectivity index (χ1n) is 6.61. The summed E-state index contributed by atoms with van der Waals surface area (Å²) in [6.07, 6.45) is 0. The van der Waals surface area contributed by atoms with E-state index in [2.05, 4.69) is 10.1 Å². The van der Waals surface area contributed by atoms with Crippen LogP contribution in [-0.4, -0.2) is 11.7 Å². The Kier molecular flexibility index (Phi) is 5.11. The van der Waals surface area contributed by atoms with Crippen LogP contribution in [0.15, 0.2) is 48.5 Å². The highest BCUT2D eigenvalue weighted by atomic mass is 19.3. The van der Waals surface area contributed by atoms with Crippen molar-refractivity contribution >= 4 is 5.69 Å². The van der Waals surface area contributed by atoms with Crippen molar-refractivity contribution < 1.29 is 18.6 Å². The van der Waals surface area contributed by atoms with Gasteiger partial charge in [-0.3, -0.25) is 0 Å². The molecule has 5 heteroatoms. The van der Waals surface area contributed by atoms with E-state index in [1.54, 1.807) is 24.3 Å². The summed E-state index contributed by atoms with van der Waals surface area (Å²) in [5.74, 6) is 0.147. The Hall–Kier alpha value is -2.14. The molecule has 0 radical (unpaired) electrons. The number of aliphatic hydroxyl groups excluding tert-OH is 1. The van der Waals surface area contributed by atoms with Crippen molar-refractivity contribution in [3.05, 3.63) is 59.7 Å². The molecule has 0 saturated heterocycles. The first kappa shape index (κ1) is 15.3. The van der Waals surface area contributed by atoms with E-state index in [9.17, 15) is 13.9 Å². The van der Waals surface area contributed by atoms with Gasteiger partial charge < -0.3 is 15.2 Å². The van der Waals surface area contributed by atoms with Gasteiger partial charge in [-0.15, -0.1) is 0 Å². The van der Waals surface area contributed by atoms with Crippen LogP contribution in [0.4, 0.5) is 14.5 Å². The molecule has 0 fully saturated rings. The molecule has 0 aliphatic carbocycles. The highest BCUT2D eigenvalue weighted by Gasteiger charge is 2.15. The lowest BCUT2D eigenvalue weighted by Gasteiger charge is -2.20. The minimum Gasteiger partial charge on any atom is -0.434 e. The van der Waals surface area contributed by atoms with Crippen LogP contribution < -0.4 is 10.1 Å². The van der Waals surface area contributed by atoms with Gasteiger partial charge in [0.05, 0.1) is 12.6 Å². The van der Waals surface area contributed by atoms with Gasteiger partial charge in [-0.25, -0.2) is 0 Å². The van der Waals surface area contributed by atoms with Gasteiger partial charge in [0.1, 0.15) is 5.75 Å². The molecule has 2 aromatic rings. The Morgan fingerprint density at radius 2 is 1.76 bits per heavy atom. The number of alkyl halides is 2. The third-order valence-corrected chi connectivity index (χ3v) is 3.16. The van der Waals surface area contributed by atoms with Crippen molar-refractivity contribution in [1.29, 1.82) is 0 Å². The predicted molar refractivity (Wildman–Crippen MR) is 77.5 cm³/mol.